The van der Waals surface area contributed by atoms with Crippen LogP contribution in [0.4, 0.5) is 0 Å². The molecule has 1 fully saturated rings. The highest BCUT2D eigenvalue weighted by molar-refractivity contribution is 5.78. The summed E-state index contributed by atoms with van der Waals surface area (Å²) in [6.07, 6.45) is 0.486. The van der Waals surface area contributed by atoms with E-state index in [0.29, 0.717) is 24.3 Å². The lowest BCUT2D eigenvalue weighted by molar-refractivity contribution is -0.123. The minimum atomic E-state index is -0.560. The molecule has 0 saturated heterocycles. The van der Waals surface area contributed by atoms with Gasteiger partial charge in [-0.3, -0.25) is 4.79 Å². The van der Waals surface area contributed by atoms with Gasteiger partial charge in [-0.05, 0) is 25.0 Å². The van der Waals surface area contributed by atoms with Gasteiger partial charge in [0.25, 0.3) is 5.91 Å². The van der Waals surface area contributed by atoms with Gasteiger partial charge in [-0.1, -0.05) is 12.1 Å². The molecule has 0 aliphatic heterocycles. The van der Waals surface area contributed by atoms with E-state index in [0.717, 1.165) is 0 Å². The van der Waals surface area contributed by atoms with Gasteiger partial charge >= 0.3 is 0 Å². The van der Waals surface area contributed by atoms with Crippen molar-refractivity contribution in [2.45, 2.75) is 25.0 Å². The Balaban J connectivity index is 1.80. The van der Waals surface area contributed by atoms with Crippen LogP contribution in [0.25, 0.3) is 0 Å². The Labute approximate surface area is 123 Å². The molecule has 21 heavy (non-hydrogen) atoms. The van der Waals surface area contributed by atoms with E-state index in [1.54, 1.807) is 18.2 Å². The van der Waals surface area contributed by atoms with Gasteiger partial charge in [-0.15, -0.1) is 0 Å². The maximum Gasteiger partial charge on any atom is 0.258 e. The summed E-state index contributed by atoms with van der Waals surface area (Å²) in [5, 5.41) is 21.6. The fourth-order valence-corrected chi connectivity index (χ4v) is 2.57. The van der Waals surface area contributed by atoms with Crippen molar-refractivity contribution in [2.24, 2.45) is 5.92 Å². The van der Waals surface area contributed by atoms with E-state index in [1.807, 2.05) is 6.07 Å². The number of aliphatic hydroxyl groups is 2. The third-order valence-corrected chi connectivity index (χ3v) is 3.68. The molecule has 0 bridgehead atoms. The molecular formula is C15H21NO5. The fraction of sp³-hybridized carbons (Fsp3) is 0.533. The van der Waals surface area contributed by atoms with Crippen molar-refractivity contribution in [3.05, 3.63) is 24.3 Å². The van der Waals surface area contributed by atoms with Gasteiger partial charge < -0.3 is 25.0 Å². The van der Waals surface area contributed by atoms with Crippen LogP contribution in [0.5, 0.6) is 11.5 Å². The molecule has 3 N–H and O–H groups in total. The summed E-state index contributed by atoms with van der Waals surface area (Å²) >= 11 is 0. The first-order valence-electron chi connectivity index (χ1n) is 6.98. The van der Waals surface area contributed by atoms with Crippen LogP contribution in [-0.4, -0.2) is 48.6 Å². The van der Waals surface area contributed by atoms with Crippen molar-refractivity contribution in [3.63, 3.8) is 0 Å². The topological polar surface area (TPSA) is 88.0 Å². The highest BCUT2D eigenvalue weighted by Gasteiger charge is 2.33. The molecule has 0 heterocycles. The molecule has 6 heteroatoms. The Morgan fingerprint density at radius 2 is 2.05 bits per heavy atom. The molecule has 0 radical (unpaired) electrons. The minimum absolute atomic E-state index is 0.0642. The first-order chi connectivity index (χ1) is 10.1. The van der Waals surface area contributed by atoms with E-state index < -0.39 is 6.10 Å². The summed E-state index contributed by atoms with van der Waals surface area (Å²) in [4.78, 5) is 11.9. The molecule has 116 valence electrons. The minimum Gasteiger partial charge on any atom is -0.493 e. The lowest BCUT2D eigenvalue weighted by Gasteiger charge is -2.14. The summed E-state index contributed by atoms with van der Waals surface area (Å²) in [5.41, 5.74) is 0. The number of hydrogen-bond acceptors (Lipinski definition) is 5. The molecule has 3 atom stereocenters. The van der Waals surface area contributed by atoms with Gasteiger partial charge in [0.1, 0.15) is 0 Å². The number of ether oxygens (including phenoxy) is 2. The maximum atomic E-state index is 11.9. The van der Waals surface area contributed by atoms with Crippen LogP contribution >= 0.6 is 0 Å². The van der Waals surface area contributed by atoms with Crippen molar-refractivity contribution in [1.82, 2.24) is 5.32 Å². The number of nitrogens with one attached hydrogen (secondary N) is 1. The van der Waals surface area contributed by atoms with Crippen molar-refractivity contribution < 1.29 is 24.5 Å². The van der Waals surface area contributed by atoms with Gasteiger partial charge in [0.15, 0.2) is 18.1 Å². The number of para-hydroxylation sites is 2. The summed E-state index contributed by atoms with van der Waals surface area (Å²) < 4.78 is 10.6. The second-order valence-electron chi connectivity index (χ2n) is 5.19. The summed E-state index contributed by atoms with van der Waals surface area (Å²) in [5.74, 6) is 0.666. The zero-order valence-electron chi connectivity index (χ0n) is 12.0. The molecule has 1 aromatic rings. The predicted molar refractivity (Wildman–Crippen MR) is 76.2 cm³/mol. The van der Waals surface area contributed by atoms with Crippen LogP contribution in [0, 0.1) is 5.92 Å². The van der Waals surface area contributed by atoms with Crippen molar-refractivity contribution in [1.29, 1.82) is 0 Å². The van der Waals surface area contributed by atoms with Gasteiger partial charge in [0.2, 0.25) is 0 Å². The standard InChI is InChI=1S/C15H21NO5/c1-20-13-4-2-3-5-14(13)21-9-15(19)16-11-6-10(8-17)12(18)7-11/h2-5,10-12,17-18H,6-9H2,1H3,(H,16,19). The van der Waals surface area contributed by atoms with E-state index >= 15 is 0 Å². The molecule has 1 saturated carbocycles. The number of hydrogen-bond donors (Lipinski definition) is 3. The van der Waals surface area contributed by atoms with Crippen molar-refractivity contribution in [2.75, 3.05) is 20.3 Å². The SMILES string of the molecule is COc1ccccc1OCC(=O)NC1CC(O)C(CO)C1. The normalized spacial score (nSPS) is 24.6. The molecule has 2 rings (SSSR count). The Kier molecular flexibility index (Phi) is 5.41. The monoisotopic (exact) mass is 295 g/mol. The largest absolute Gasteiger partial charge is 0.493 e. The molecule has 0 aromatic heterocycles. The van der Waals surface area contributed by atoms with Gasteiger partial charge in [0, 0.05) is 18.6 Å². The van der Waals surface area contributed by atoms with E-state index in [9.17, 15) is 9.90 Å². The molecule has 1 aliphatic rings. The average molecular weight is 295 g/mol. The number of benzene rings is 1. The Morgan fingerprint density at radius 1 is 1.33 bits per heavy atom. The number of amides is 1. The van der Waals surface area contributed by atoms with Gasteiger partial charge in [-0.2, -0.15) is 0 Å². The molecule has 0 spiro atoms. The fourth-order valence-electron chi connectivity index (χ4n) is 2.57. The summed E-state index contributed by atoms with van der Waals surface area (Å²) in [6, 6.07) is 6.99. The zero-order valence-corrected chi connectivity index (χ0v) is 12.0. The molecule has 6 nitrogen and oxygen atoms in total. The Morgan fingerprint density at radius 3 is 2.67 bits per heavy atom. The van der Waals surface area contributed by atoms with Crippen LogP contribution in [0.1, 0.15) is 12.8 Å². The molecule has 1 aromatic carbocycles. The van der Waals surface area contributed by atoms with Crippen LogP contribution in [0.2, 0.25) is 0 Å². The second kappa shape index (κ2) is 7.28. The Bertz CT molecular complexity index is 479. The van der Waals surface area contributed by atoms with E-state index in [-0.39, 0.29) is 31.1 Å². The molecule has 3 unspecified atom stereocenters. The van der Waals surface area contributed by atoms with Crippen LogP contribution in [-0.2, 0) is 4.79 Å². The van der Waals surface area contributed by atoms with Crippen molar-refractivity contribution in [3.8, 4) is 11.5 Å². The smallest absolute Gasteiger partial charge is 0.258 e. The van der Waals surface area contributed by atoms with Crippen LogP contribution in [0.15, 0.2) is 24.3 Å². The van der Waals surface area contributed by atoms with Gasteiger partial charge in [0.05, 0.1) is 13.2 Å². The average Bonchev–Trinajstić information content (AvgIpc) is 2.85. The molecule has 1 amide bonds. The predicted octanol–water partition coefficient (Wildman–Crippen LogP) is 0.322. The summed E-state index contributed by atoms with van der Waals surface area (Å²) in [7, 11) is 1.54. The van der Waals surface area contributed by atoms with Crippen LogP contribution in [0.3, 0.4) is 0 Å². The second-order valence-corrected chi connectivity index (χ2v) is 5.19. The highest BCUT2D eigenvalue weighted by atomic mass is 16.5. The molecule has 1 aliphatic carbocycles. The lowest BCUT2D eigenvalue weighted by atomic mass is 10.1. The number of carbonyl (C=O) groups is 1. The zero-order chi connectivity index (χ0) is 15.2. The molecular weight excluding hydrogens is 274 g/mol. The summed E-state index contributed by atoms with van der Waals surface area (Å²) in [6.45, 7) is -0.179. The number of methoxy groups -OCH3 is 1. The Hall–Kier alpha value is -1.79. The van der Waals surface area contributed by atoms with E-state index in [1.165, 1.54) is 7.11 Å². The first-order valence-corrected chi connectivity index (χ1v) is 6.98. The highest BCUT2D eigenvalue weighted by Crippen LogP contribution is 2.27. The van der Waals surface area contributed by atoms with E-state index in [4.69, 9.17) is 14.6 Å². The number of carbonyl (C=O) groups excluding carboxylic acids is 1. The lowest BCUT2D eigenvalue weighted by Crippen LogP contribution is -2.36. The number of aliphatic hydroxyl groups excluding tert-OH is 2. The van der Waals surface area contributed by atoms with E-state index in [2.05, 4.69) is 5.32 Å². The maximum absolute atomic E-state index is 11.9. The first kappa shape index (κ1) is 15.6. The number of rotatable bonds is 6. The van der Waals surface area contributed by atoms with Crippen molar-refractivity contribution >= 4 is 5.91 Å². The third-order valence-electron chi connectivity index (χ3n) is 3.68. The quantitative estimate of drug-likeness (QED) is 0.703. The van der Waals surface area contributed by atoms with Crippen LogP contribution < -0.4 is 14.8 Å². The van der Waals surface area contributed by atoms with Gasteiger partial charge in [-0.25, -0.2) is 0 Å². The third kappa shape index (κ3) is 4.09.